The Morgan fingerprint density at radius 2 is 1.89 bits per heavy atom. The maximum Gasteiger partial charge on any atom is 0.215 e. The van der Waals surface area contributed by atoms with Crippen molar-refractivity contribution in [2.75, 3.05) is 26.3 Å². The van der Waals surface area contributed by atoms with Gasteiger partial charge in [0.05, 0.1) is 12.4 Å². The van der Waals surface area contributed by atoms with E-state index < -0.39 is 10.0 Å². The topological polar surface area (TPSA) is 81.4 Å². The standard InChI is InChI=1S/C12H20N2O3S/c13-7-10-17-9-4-8-14-18(15,16)11-12-5-2-1-3-6-12/h1-3,5-6,14H,4,7-11,13H2. The highest BCUT2D eigenvalue weighted by atomic mass is 32.2. The van der Waals surface area contributed by atoms with E-state index in [9.17, 15) is 8.42 Å². The lowest BCUT2D eigenvalue weighted by atomic mass is 10.2. The minimum Gasteiger partial charge on any atom is -0.380 e. The molecule has 0 aliphatic carbocycles. The summed E-state index contributed by atoms with van der Waals surface area (Å²) in [5, 5.41) is 0. The number of ether oxygens (including phenoxy) is 1. The molecule has 3 N–H and O–H groups in total. The van der Waals surface area contributed by atoms with Crippen LogP contribution < -0.4 is 10.5 Å². The summed E-state index contributed by atoms with van der Waals surface area (Å²) in [6.45, 7) is 1.90. The van der Waals surface area contributed by atoms with Gasteiger partial charge in [-0.3, -0.25) is 0 Å². The third-order valence-electron chi connectivity index (χ3n) is 2.25. The van der Waals surface area contributed by atoms with Gasteiger partial charge in [-0.05, 0) is 12.0 Å². The van der Waals surface area contributed by atoms with Gasteiger partial charge in [-0.1, -0.05) is 30.3 Å². The van der Waals surface area contributed by atoms with E-state index >= 15 is 0 Å². The van der Waals surface area contributed by atoms with Gasteiger partial charge in [-0.25, -0.2) is 13.1 Å². The van der Waals surface area contributed by atoms with Crippen LogP contribution in [0.2, 0.25) is 0 Å². The van der Waals surface area contributed by atoms with Crippen LogP contribution in [0.1, 0.15) is 12.0 Å². The first-order chi connectivity index (χ1) is 8.64. The van der Waals surface area contributed by atoms with Gasteiger partial charge in [0.1, 0.15) is 0 Å². The molecule has 0 aromatic heterocycles. The number of nitrogens with one attached hydrogen (secondary N) is 1. The Hall–Kier alpha value is -0.950. The number of nitrogens with two attached hydrogens (primary N) is 1. The van der Waals surface area contributed by atoms with Crippen LogP contribution in [0.4, 0.5) is 0 Å². The molecule has 0 saturated carbocycles. The molecule has 0 spiro atoms. The highest BCUT2D eigenvalue weighted by Gasteiger charge is 2.09. The molecule has 18 heavy (non-hydrogen) atoms. The normalized spacial score (nSPS) is 11.6. The van der Waals surface area contributed by atoms with Gasteiger partial charge in [0.2, 0.25) is 10.0 Å². The van der Waals surface area contributed by atoms with E-state index in [-0.39, 0.29) is 5.75 Å². The van der Waals surface area contributed by atoms with Crippen molar-refractivity contribution in [1.29, 1.82) is 0 Å². The van der Waals surface area contributed by atoms with Gasteiger partial charge in [0.25, 0.3) is 0 Å². The zero-order valence-corrected chi connectivity index (χ0v) is 11.2. The van der Waals surface area contributed by atoms with E-state index in [1.807, 2.05) is 18.2 Å². The van der Waals surface area contributed by atoms with Crippen LogP contribution in [0.3, 0.4) is 0 Å². The Kier molecular flexibility index (Phi) is 6.89. The van der Waals surface area contributed by atoms with Gasteiger partial charge in [-0.15, -0.1) is 0 Å². The predicted octanol–water partition coefficient (Wildman–Crippen LogP) is 0.471. The molecule has 0 aliphatic heterocycles. The first kappa shape index (κ1) is 15.1. The van der Waals surface area contributed by atoms with E-state index in [4.69, 9.17) is 10.5 Å². The molecular weight excluding hydrogens is 252 g/mol. The van der Waals surface area contributed by atoms with Gasteiger partial charge in [-0.2, -0.15) is 0 Å². The molecule has 0 bridgehead atoms. The number of rotatable bonds is 9. The smallest absolute Gasteiger partial charge is 0.215 e. The SMILES string of the molecule is NCCOCCCNS(=O)(=O)Cc1ccccc1. The fraction of sp³-hybridized carbons (Fsp3) is 0.500. The van der Waals surface area contributed by atoms with Crippen LogP contribution in [-0.2, 0) is 20.5 Å². The Morgan fingerprint density at radius 3 is 2.56 bits per heavy atom. The molecule has 5 nitrogen and oxygen atoms in total. The molecule has 1 aromatic carbocycles. The first-order valence-electron chi connectivity index (χ1n) is 5.93. The summed E-state index contributed by atoms with van der Waals surface area (Å²) in [6.07, 6.45) is 0.647. The van der Waals surface area contributed by atoms with Crippen molar-refractivity contribution in [3.63, 3.8) is 0 Å². The van der Waals surface area contributed by atoms with Crippen molar-refractivity contribution in [3.8, 4) is 0 Å². The van der Waals surface area contributed by atoms with Gasteiger partial charge in [0, 0.05) is 19.7 Å². The second-order valence-corrected chi connectivity index (χ2v) is 5.70. The van der Waals surface area contributed by atoms with Crippen molar-refractivity contribution in [2.45, 2.75) is 12.2 Å². The molecule has 6 heteroatoms. The van der Waals surface area contributed by atoms with Gasteiger partial charge >= 0.3 is 0 Å². The lowest BCUT2D eigenvalue weighted by Gasteiger charge is -2.07. The third kappa shape index (κ3) is 6.70. The molecule has 0 radical (unpaired) electrons. The van der Waals surface area contributed by atoms with E-state index in [0.717, 1.165) is 5.56 Å². The lowest BCUT2D eigenvalue weighted by Crippen LogP contribution is -2.27. The second-order valence-electron chi connectivity index (χ2n) is 3.89. The van der Waals surface area contributed by atoms with Crippen molar-refractivity contribution >= 4 is 10.0 Å². The van der Waals surface area contributed by atoms with E-state index in [1.54, 1.807) is 12.1 Å². The molecule has 102 valence electrons. The molecule has 0 fully saturated rings. The number of benzene rings is 1. The van der Waals surface area contributed by atoms with Crippen LogP contribution in [0.15, 0.2) is 30.3 Å². The van der Waals surface area contributed by atoms with Crippen molar-refractivity contribution in [3.05, 3.63) is 35.9 Å². The maximum atomic E-state index is 11.7. The summed E-state index contributed by atoms with van der Waals surface area (Å²) in [4.78, 5) is 0. The molecule has 0 amide bonds. The Bertz CT molecular complexity index is 420. The molecule has 1 aromatic rings. The van der Waals surface area contributed by atoms with E-state index in [2.05, 4.69) is 4.72 Å². The minimum atomic E-state index is -3.26. The van der Waals surface area contributed by atoms with Crippen molar-refractivity contribution < 1.29 is 13.2 Å². The summed E-state index contributed by atoms with van der Waals surface area (Å²) in [7, 11) is -3.26. The number of sulfonamides is 1. The summed E-state index contributed by atoms with van der Waals surface area (Å²) in [6, 6.07) is 9.10. The van der Waals surface area contributed by atoms with Gasteiger partial charge in [0.15, 0.2) is 0 Å². The average Bonchev–Trinajstić information content (AvgIpc) is 2.34. The van der Waals surface area contributed by atoms with Crippen LogP contribution >= 0.6 is 0 Å². The lowest BCUT2D eigenvalue weighted by molar-refractivity contribution is 0.140. The molecule has 0 unspecified atom stereocenters. The van der Waals surface area contributed by atoms with Crippen LogP contribution in [0.25, 0.3) is 0 Å². The summed E-state index contributed by atoms with van der Waals surface area (Å²) in [5.74, 6) is 0.0114. The zero-order valence-electron chi connectivity index (χ0n) is 10.3. The minimum absolute atomic E-state index is 0.0114. The summed E-state index contributed by atoms with van der Waals surface area (Å²) < 4.78 is 31.1. The van der Waals surface area contributed by atoms with Gasteiger partial charge < -0.3 is 10.5 Å². The van der Waals surface area contributed by atoms with E-state index in [1.165, 1.54) is 0 Å². The Labute approximate surface area is 108 Å². The monoisotopic (exact) mass is 272 g/mol. The Balaban J connectivity index is 2.24. The fourth-order valence-electron chi connectivity index (χ4n) is 1.43. The molecule has 0 heterocycles. The fourth-order valence-corrected chi connectivity index (χ4v) is 2.62. The predicted molar refractivity (Wildman–Crippen MR) is 71.6 cm³/mol. The second kappa shape index (κ2) is 8.20. The van der Waals surface area contributed by atoms with Crippen molar-refractivity contribution in [2.24, 2.45) is 5.73 Å². The molecule has 1 rings (SSSR count). The third-order valence-corrected chi connectivity index (χ3v) is 3.61. The average molecular weight is 272 g/mol. The maximum absolute atomic E-state index is 11.7. The van der Waals surface area contributed by atoms with Crippen LogP contribution in [0, 0.1) is 0 Å². The summed E-state index contributed by atoms with van der Waals surface area (Å²) >= 11 is 0. The zero-order chi connectivity index (χ0) is 13.3. The molecule has 0 aliphatic rings. The van der Waals surface area contributed by atoms with E-state index in [0.29, 0.717) is 32.7 Å². The highest BCUT2D eigenvalue weighted by molar-refractivity contribution is 7.88. The quantitative estimate of drug-likeness (QED) is 0.640. The Morgan fingerprint density at radius 1 is 1.17 bits per heavy atom. The summed E-state index contributed by atoms with van der Waals surface area (Å²) in [5.41, 5.74) is 6.04. The largest absolute Gasteiger partial charge is 0.380 e. The highest BCUT2D eigenvalue weighted by Crippen LogP contribution is 2.03. The number of hydrogen-bond acceptors (Lipinski definition) is 4. The first-order valence-corrected chi connectivity index (χ1v) is 7.58. The number of hydrogen-bond donors (Lipinski definition) is 2. The molecule has 0 atom stereocenters. The molecule has 0 saturated heterocycles. The van der Waals surface area contributed by atoms with Crippen LogP contribution in [-0.4, -0.2) is 34.7 Å². The van der Waals surface area contributed by atoms with Crippen molar-refractivity contribution in [1.82, 2.24) is 4.72 Å². The van der Waals surface area contributed by atoms with Crippen LogP contribution in [0.5, 0.6) is 0 Å². The molecular formula is C12H20N2O3S.